The molecule has 3 amide bonds. The number of aliphatic hydroxyl groups excluding tert-OH is 1. The molecule has 0 spiro atoms. The molecule has 3 atom stereocenters. The van der Waals surface area contributed by atoms with Gasteiger partial charge in [-0.25, -0.2) is 9.78 Å². The number of β-amino-alcohol motifs (C(OH)–C–C–N with tert-alkyl or cyclic N) is 1. The predicted octanol–water partition coefficient (Wildman–Crippen LogP) is 2.60. The molecule has 1 saturated heterocycles. The number of rotatable bonds is 13. The largest absolute Gasteiger partial charge is 0.458 e. The highest BCUT2D eigenvalue weighted by Gasteiger charge is 2.44. The highest BCUT2D eigenvalue weighted by Crippen LogP contribution is 2.28. The van der Waals surface area contributed by atoms with Gasteiger partial charge in [-0.3, -0.25) is 14.4 Å². The van der Waals surface area contributed by atoms with E-state index in [2.05, 4.69) is 15.6 Å². The molecule has 0 saturated carbocycles. The Morgan fingerprint density at radius 2 is 1.69 bits per heavy atom. The van der Waals surface area contributed by atoms with Crippen molar-refractivity contribution in [3.05, 3.63) is 41.0 Å². The lowest BCUT2D eigenvalue weighted by Gasteiger charge is -2.35. The second-order valence-electron chi connectivity index (χ2n) is 13.1. The summed E-state index contributed by atoms with van der Waals surface area (Å²) < 4.78 is 15.7. The molecular formula is C32H46N4O8S. The quantitative estimate of drug-likeness (QED) is 0.220. The van der Waals surface area contributed by atoms with Crippen molar-refractivity contribution in [3.8, 4) is 10.4 Å². The third-order valence-corrected chi connectivity index (χ3v) is 7.93. The molecule has 3 N–H and O–H groups in total. The summed E-state index contributed by atoms with van der Waals surface area (Å²) in [6, 6.07) is 5.97. The third-order valence-electron chi connectivity index (χ3n) is 6.96. The molecule has 2 heterocycles. The Balaban J connectivity index is 1.51. The van der Waals surface area contributed by atoms with Gasteiger partial charge in [0.05, 0.1) is 35.4 Å². The van der Waals surface area contributed by atoms with Crippen molar-refractivity contribution >= 4 is 35.0 Å². The molecule has 0 unspecified atom stereocenters. The molecule has 0 aliphatic carbocycles. The number of ether oxygens (including phenoxy) is 3. The van der Waals surface area contributed by atoms with Gasteiger partial charge < -0.3 is 34.9 Å². The van der Waals surface area contributed by atoms with Gasteiger partial charge in [0.25, 0.3) is 0 Å². The van der Waals surface area contributed by atoms with Crippen molar-refractivity contribution < 1.29 is 38.5 Å². The van der Waals surface area contributed by atoms with Crippen LogP contribution in [-0.4, -0.2) is 95.4 Å². The summed E-state index contributed by atoms with van der Waals surface area (Å²) in [4.78, 5) is 58.1. The van der Waals surface area contributed by atoms with Crippen LogP contribution >= 0.6 is 11.3 Å². The van der Waals surface area contributed by atoms with Crippen LogP contribution in [0, 0.1) is 12.3 Å². The van der Waals surface area contributed by atoms with Crippen LogP contribution in [0.2, 0.25) is 0 Å². The molecule has 1 fully saturated rings. The Bertz CT molecular complexity index is 1320. The number of nitrogens with one attached hydrogen (secondary N) is 2. The summed E-state index contributed by atoms with van der Waals surface area (Å²) in [5.74, 6) is -1.86. The van der Waals surface area contributed by atoms with E-state index >= 15 is 0 Å². The van der Waals surface area contributed by atoms with Gasteiger partial charge in [-0.2, -0.15) is 0 Å². The fourth-order valence-corrected chi connectivity index (χ4v) is 5.60. The molecule has 2 aromatic rings. The number of hydrogen-bond acceptors (Lipinski definition) is 10. The molecular weight excluding hydrogens is 600 g/mol. The van der Waals surface area contributed by atoms with E-state index in [4.69, 9.17) is 14.2 Å². The number of nitrogens with zero attached hydrogens (tertiary/aromatic N) is 2. The second-order valence-corrected chi connectivity index (χ2v) is 14.0. The molecule has 45 heavy (non-hydrogen) atoms. The standard InChI is InChI=1S/C32H46N4O8S/c1-20-27(45-19-34-20)22-10-8-21(9-11-22)15-33-29(40)24-14-23(37)16-36(24)30(41)28(31(2,3)4)35-25(38)17-42-12-13-43-18-26(39)44-32(5,6)7/h8-11,19,23-24,28,37H,12-18H2,1-7H3,(H,33,40)(H,35,38)/t23-,24+,28-/m1/s1. The smallest absolute Gasteiger partial charge is 0.332 e. The summed E-state index contributed by atoms with van der Waals surface area (Å²) in [5, 5.41) is 16.0. The Kier molecular flexibility index (Phi) is 12.6. The van der Waals surface area contributed by atoms with Crippen LogP contribution in [0.5, 0.6) is 0 Å². The van der Waals surface area contributed by atoms with E-state index in [9.17, 15) is 24.3 Å². The average molecular weight is 647 g/mol. The number of hydrogen-bond donors (Lipinski definition) is 3. The van der Waals surface area contributed by atoms with E-state index in [0.29, 0.717) is 0 Å². The minimum Gasteiger partial charge on any atom is -0.458 e. The number of aromatic nitrogens is 1. The molecule has 13 heteroatoms. The summed E-state index contributed by atoms with van der Waals surface area (Å²) in [5.41, 5.74) is 3.40. The van der Waals surface area contributed by atoms with Gasteiger partial charge in [0.15, 0.2) is 0 Å². The fraction of sp³-hybridized carbons (Fsp3) is 0.594. The summed E-state index contributed by atoms with van der Waals surface area (Å²) in [7, 11) is 0. The maximum absolute atomic E-state index is 13.7. The molecule has 12 nitrogen and oxygen atoms in total. The van der Waals surface area contributed by atoms with E-state index in [-0.39, 0.29) is 51.8 Å². The maximum atomic E-state index is 13.7. The van der Waals surface area contributed by atoms with Crippen LogP contribution in [-0.2, 0) is 39.9 Å². The van der Waals surface area contributed by atoms with E-state index in [1.165, 1.54) is 4.90 Å². The summed E-state index contributed by atoms with van der Waals surface area (Å²) >= 11 is 1.57. The van der Waals surface area contributed by atoms with E-state index in [1.54, 1.807) is 58.4 Å². The van der Waals surface area contributed by atoms with Crippen LogP contribution in [0.4, 0.5) is 0 Å². The van der Waals surface area contributed by atoms with E-state index < -0.39 is 47.0 Å². The first-order valence-corrected chi connectivity index (χ1v) is 15.9. The third kappa shape index (κ3) is 11.2. The van der Waals surface area contributed by atoms with Gasteiger partial charge in [-0.15, -0.1) is 11.3 Å². The zero-order valence-electron chi connectivity index (χ0n) is 27.2. The topological polar surface area (TPSA) is 156 Å². The molecule has 248 valence electrons. The van der Waals surface area contributed by atoms with Crippen LogP contribution in [0.1, 0.15) is 59.2 Å². The Morgan fingerprint density at radius 3 is 2.27 bits per heavy atom. The first-order valence-electron chi connectivity index (χ1n) is 15.0. The van der Waals surface area contributed by atoms with Crippen molar-refractivity contribution in [3.63, 3.8) is 0 Å². The Labute approximate surface area is 268 Å². The van der Waals surface area contributed by atoms with Crippen LogP contribution < -0.4 is 10.6 Å². The Hall–Kier alpha value is -3.39. The second kappa shape index (κ2) is 15.7. The average Bonchev–Trinajstić information content (AvgIpc) is 3.56. The molecule has 1 aliphatic rings. The van der Waals surface area contributed by atoms with Crippen molar-refractivity contribution in [1.82, 2.24) is 20.5 Å². The van der Waals surface area contributed by atoms with Crippen molar-refractivity contribution in [2.24, 2.45) is 5.41 Å². The Morgan fingerprint density at radius 1 is 1.04 bits per heavy atom. The molecule has 0 bridgehead atoms. The number of aliphatic hydroxyl groups is 1. The number of aryl methyl sites for hydroxylation is 1. The molecule has 3 rings (SSSR count). The number of carbonyl (C=O) groups is 4. The zero-order chi connectivity index (χ0) is 33.4. The lowest BCUT2D eigenvalue weighted by molar-refractivity contribution is -0.160. The normalized spacial score (nSPS) is 17.6. The van der Waals surface area contributed by atoms with Crippen LogP contribution in [0.3, 0.4) is 0 Å². The minimum atomic E-state index is -0.972. The number of thiazole rings is 1. The van der Waals surface area contributed by atoms with Crippen LogP contribution in [0.25, 0.3) is 10.4 Å². The maximum Gasteiger partial charge on any atom is 0.332 e. The number of esters is 1. The first-order chi connectivity index (χ1) is 21.0. The predicted molar refractivity (Wildman–Crippen MR) is 169 cm³/mol. The first kappa shape index (κ1) is 36.1. The SMILES string of the molecule is Cc1ncsc1-c1ccc(CNC(=O)[C@@H]2C[C@@H](O)CN2C(=O)[C@@H](NC(=O)COCCOCC(=O)OC(C)(C)C)C(C)(C)C)cc1. The number of carbonyl (C=O) groups excluding carboxylic acids is 4. The summed E-state index contributed by atoms with van der Waals surface area (Å²) in [6.45, 7) is 12.5. The van der Waals surface area contributed by atoms with Gasteiger partial charge in [-0.1, -0.05) is 45.0 Å². The van der Waals surface area contributed by atoms with Crippen molar-refractivity contribution in [2.45, 2.75) is 85.2 Å². The van der Waals surface area contributed by atoms with Crippen LogP contribution in [0.15, 0.2) is 29.8 Å². The van der Waals surface area contributed by atoms with Gasteiger partial charge in [-0.05, 0) is 44.2 Å². The summed E-state index contributed by atoms with van der Waals surface area (Å²) in [6.07, 6.45) is -0.773. The lowest BCUT2D eigenvalue weighted by atomic mass is 9.85. The fourth-order valence-electron chi connectivity index (χ4n) is 4.79. The van der Waals surface area contributed by atoms with Gasteiger partial charge in [0.2, 0.25) is 17.7 Å². The zero-order valence-corrected chi connectivity index (χ0v) is 28.0. The van der Waals surface area contributed by atoms with E-state index in [1.807, 2.05) is 31.2 Å². The number of amides is 3. The monoisotopic (exact) mass is 646 g/mol. The number of likely N-dealkylation sites (tertiary alicyclic amines) is 1. The van der Waals surface area contributed by atoms with Gasteiger partial charge >= 0.3 is 5.97 Å². The minimum absolute atomic E-state index is 0.0201. The van der Waals surface area contributed by atoms with Gasteiger partial charge in [0, 0.05) is 19.5 Å². The molecule has 1 aromatic heterocycles. The molecule has 0 radical (unpaired) electrons. The van der Waals surface area contributed by atoms with E-state index in [0.717, 1.165) is 21.7 Å². The lowest BCUT2D eigenvalue weighted by Crippen LogP contribution is -2.58. The molecule has 1 aromatic carbocycles. The van der Waals surface area contributed by atoms with Gasteiger partial charge in [0.1, 0.15) is 30.9 Å². The van der Waals surface area contributed by atoms with Crippen molar-refractivity contribution in [2.75, 3.05) is 33.0 Å². The number of benzene rings is 1. The van der Waals surface area contributed by atoms with Crippen molar-refractivity contribution in [1.29, 1.82) is 0 Å². The molecule has 1 aliphatic heterocycles. The highest BCUT2D eigenvalue weighted by molar-refractivity contribution is 7.13. The highest BCUT2D eigenvalue weighted by atomic mass is 32.1.